The third-order valence-corrected chi connectivity index (χ3v) is 5.28. The number of aryl methyl sites for hydroxylation is 1. The number of carbonyl (C=O) groups is 1. The normalized spacial score (nSPS) is 15.2. The first kappa shape index (κ1) is 18.4. The molecule has 1 aromatic heterocycles. The smallest absolute Gasteiger partial charge is 0.387 e. The summed E-state index contributed by atoms with van der Waals surface area (Å²) in [6.45, 7) is -0.674. The van der Waals surface area contributed by atoms with Crippen molar-refractivity contribution in [3.8, 4) is 22.8 Å². The van der Waals surface area contributed by atoms with Gasteiger partial charge in [-0.15, -0.1) is 11.3 Å². The number of thiazole rings is 1. The van der Waals surface area contributed by atoms with Crippen molar-refractivity contribution in [2.75, 3.05) is 11.9 Å². The second-order valence-electron chi connectivity index (χ2n) is 6.22. The lowest BCUT2D eigenvalue weighted by Crippen LogP contribution is -2.22. The molecule has 0 fully saturated rings. The van der Waals surface area contributed by atoms with Crippen LogP contribution in [0, 0.1) is 6.92 Å². The second-order valence-corrected chi connectivity index (χ2v) is 7.42. The van der Waals surface area contributed by atoms with Crippen molar-refractivity contribution in [2.24, 2.45) is 0 Å². The Balaban J connectivity index is 1.50. The van der Waals surface area contributed by atoms with E-state index >= 15 is 0 Å². The number of hydrogen-bond donors (Lipinski definition) is 1. The summed E-state index contributed by atoms with van der Waals surface area (Å²) in [6, 6.07) is 13.7. The van der Waals surface area contributed by atoms with Gasteiger partial charge in [0.1, 0.15) is 24.0 Å². The van der Waals surface area contributed by atoms with Gasteiger partial charge in [-0.05, 0) is 37.3 Å². The van der Waals surface area contributed by atoms with E-state index in [1.807, 2.05) is 31.2 Å². The van der Waals surface area contributed by atoms with Crippen molar-refractivity contribution in [2.45, 2.75) is 19.5 Å². The Kier molecular flexibility index (Phi) is 4.95. The Bertz CT molecular complexity index is 1000. The molecule has 0 bridgehead atoms. The van der Waals surface area contributed by atoms with Crippen molar-refractivity contribution in [3.05, 3.63) is 59.0 Å². The van der Waals surface area contributed by atoms with Gasteiger partial charge in [0.15, 0.2) is 5.13 Å². The molecule has 0 saturated carbocycles. The molecule has 1 atom stereocenters. The van der Waals surface area contributed by atoms with E-state index in [-0.39, 0.29) is 17.6 Å². The van der Waals surface area contributed by atoms with Gasteiger partial charge >= 0.3 is 6.61 Å². The van der Waals surface area contributed by atoms with Crippen LogP contribution in [0.4, 0.5) is 13.9 Å². The van der Waals surface area contributed by atoms with Crippen LogP contribution in [-0.4, -0.2) is 24.1 Å². The van der Waals surface area contributed by atoms with Crippen LogP contribution in [0.1, 0.15) is 16.4 Å². The third-order valence-electron chi connectivity index (χ3n) is 4.40. The van der Waals surface area contributed by atoms with E-state index in [1.54, 1.807) is 12.1 Å². The molecule has 4 rings (SSSR count). The molecule has 8 heteroatoms. The summed E-state index contributed by atoms with van der Waals surface area (Å²) in [5.74, 6) is 0.255. The first-order chi connectivity index (χ1) is 13.5. The lowest BCUT2D eigenvalue weighted by atomic mass is 10.0. The van der Waals surface area contributed by atoms with Crippen molar-refractivity contribution < 1.29 is 23.0 Å². The van der Waals surface area contributed by atoms with Gasteiger partial charge in [-0.1, -0.05) is 18.2 Å². The fraction of sp³-hybridized carbons (Fsp3) is 0.200. The van der Waals surface area contributed by atoms with Crippen LogP contribution < -0.4 is 14.8 Å². The molecule has 1 aliphatic heterocycles. The zero-order chi connectivity index (χ0) is 19.7. The van der Waals surface area contributed by atoms with Crippen LogP contribution in [0.25, 0.3) is 11.3 Å². The summed E-state index contributed by atoms with van der Waals surface area (Å²) in [5.41, 5.74) is 2.31. The fourth-order valence-corrected chi connectivity index (χ4v) is 3.92. The predicted octanol–water partition coefficient (Wildman–Crippen LogP) is 4.83. The molecule has 0 spiro atoms. The standard InChI is InChI=1S/C20H16F2N2O3S/c1-11-17(12-6-8-13(9-7-12)27-19(21)22)23-20(28-11)24-18(25)15-10-26-16-5-3-2-4-14(15)16/h2-9,15,19H,10H2,1H3,(H,23,24,25). The number of amides is 1. The zero-order valence-corrected chi connectivity index (χ0v) is 15.6. The van der Waals surface area contributed by atoms with E-state index in [9.17, 15) is 13.6 Å². The maximum Gasteiger partial charge on any atom is 0.387 e. The van der Waals surface area contributed by atoms with Crippen molar-refractivity contribution >= 4 is 22.4 Å². The fourth-order valence-electron chi connectivity index (χ4n) is 3.08. The van der Waals surface area contributed by atoms with Gasteiger partial charge in [0, 0.05) is 16.0 Å². The SMILES string of the molecule is Cc1sc(NC(=O)C2COc3ccccc32)nc1-c1ccc(OC(F)F)cc1. The van der Waals surface area contributed by atoms with E-state index in [1.165, 1.54) is 23.5 Å². The molecule has 1 aliphatic rings. The average Bonchev–Trinajstić information content (AvgIpc) is 3.25. The number of carbonyl (C=O) groups excluding carboxylic acids is 1. The highest BCUT2D eigenvalue weighted by Gasteiger charge is 2.30. The minimum atomic E-state index is -2.86. The molecule has 0 aliphatic carbocycles. The van der Waals surface area contributed by atoms with Crippen molar-refractivity contribution in [1.29, 1.82) is 0 Å². The molecule has 1 unspecified atom stereocenters. The maximum atomic E-state index is 12.7. The Hall–Kier alpha value is -3.00. The monoisotopic (exact) mass is 402 g/mol. The highest BCUT2D eigenvalue weighted by Crippen LogP contribution is 2.36. The number of benzene rings is 2. The number of fused-ring (bicyclic) bond motifs is 1. The van der Waals surface area contributed by atoms with Gasteiger partial charge in [-0.25, -0.2) is 4.98 Å². The molecule has 0 radical (unpaired) electrons. The largest absolute Gasteiger partial charge is 0.492 e. The Morgan fingerprint density at radius 3 is 2.75 bits per heavy atom. The summed E-state index contributed by atoms with van der Waals surface area (Å²) < 4.78 is 34.5. The van der Waals surface area contributed by atoms with E-state index < -0.39 is 6.61 Å². The zero-order valence-electron chi connectivity index (χ0n) is 14.8. The highest BCUT2D eigenvalue weighted by molar-refractivity contribution is 7.16. The van der Waals surface area contributed by atoms with Crippen LogP contribution >= 0.6 is 11.3 Å². The first-order valence-corrected chi connectivity index (χ1v) is 9.38. The van der Waals surface area contributed by atoms with Crippen molar-refractivity contribution in [1.82, 2.24) is 4.98 Å². The number of para-hydroxylation sites is 1. The topological polar surface area (TPSA) is 60.5 Å². The molecule has 1 amide bonds. The Morgan fingerprint density at radius 1 is 1.25 bits per heavy atom. The van der Waals surface area contributed by atoms with E-state index in [4.69, 9.17) is 4.74 Å². The number of nitrogens with zero attached hydrogens (tertiary/aromatic N) is 1. The minimum absolute atomic E-state index is 0.0834. The van der Waals surface area contributed by atoms with Crippen LogP contribution in [0.15, 0.2) is 48.5 Å². The van der Waals surface area contributed by atoms with Gasteiger partial charge < -0.3 is 14.8 Å². The van der Waals surface area contributed by atoms with E-state index in [0.717, 1.165) is 21.8 Å². The minimum Gasteiger partial charge on any atom is -0.492 e. The molecular weight excluding hydrogens is 386 g/mol. The predicted molar refractivity (Wildman–Crippen MR) is 102 cm³/mol. The highest BCUT2D eigenvalue weighted by atomic mass is 32.1. The average molecular weight is 402 g/mol. The lowest BCUT2D eigenvalue weighted by molar-refractivity contribution is -0.117. The summed E-state index contributed by atoms with van der Waals surface area (Å²) in [5, 5.41) is 3.34. The van der Waals surface area contributed by atoms with Crippen LogP contribution in [0.2, 0.25) is 0 Å². The van der Waals surface area contributed by atoms with Crippen molar-refractivity contribution in [3.63, 3.8) is 0 Å². The number of ether oxygens (including phenoxy) is 2. The van der Waals surface area contributed by atoms with E-state index in [0.29, 0.717) is 17.4 Å². The number of rotatable bonds is 5. The first-order valence-electron chi connectivity index (χ1n) is 8.56. The molecule has 0 saturated heterocycles. The van der Waals surface area contributed by atoms with E-state index in [2.05, 4.69) is 15.0 Å². The number of halogens is 2. The number of anilines is 1. The second kappa shape index (κ2) is 7.55. The number of nitrogens with one attached hydrogen (secondary N) is 1. The Morgan fingerprint density at radius 2 is 2.00 bits per heavy atom. The maximum absolute atomic E-state index is 12.7. The summed E-state index contributed by atoms with van der Waals surface area (Å²) in [4.78, 5) is 18.1. The van der Waals surface area contributed by atoms with Gasteiger partial charge in [-0.3, -0.25) is 4.79 Å². The van der Waals surface area contributed by atoms with Gasteiger partial charge in [0.25, 0.3) is 0 Å². The number of aromatic nitrogens is 1. The third kappa shape index (κ3) is 3.68. The molecule has 3 aromatic rings. The molecule has 144 valence electrons. The molecular formula is C20H16F2N2O3S. The molecule has 28 heavy (non-hydrogen) atoms. The number of hydrogen-bond acceptors (Lipinski definition) is 5. The molecule has 2 heterocycles. The lowest BCUT2D eigenvalue weighted by Gasteiger charge is -2.07. The van der Waals surface area contributed by atoms with Gasteiger partial charge in [0.2, 0.25) is 5.91 Å². The molecule has 1 N–H and O–H groups in total. The summed E-state index contributed by atoms with van der Waals surface area (Å²) >= 11 is 1.36. The summed E-state index contributed by atoms with van der Waals surface area (Å²) in [7, 11) is 0. The van der Waals surface area contributed by atoms with Gasteiger partial charge in [0.05, 0.1) is 5.69 Å². The Labute approximate surface area is 163 Å². The van der Waals surface area contributed by atoms with Crippen LogP contribution in [-0.2, 0) is 4.79 Å². The number of alkyl halides is 2. The van der Waals surface area contributed by atoms with Gasteiger partial charge in [-0.2, -0.15) is 8.78 Å². The molecule has 2 aromatic carbocycles. The van der Waals surface area contributed by atoms with Crippen LogP contribution in [0.3, 0.4) is 0 Å². The quantitative estimate of drug-likeness (QED) is 0.664. The van der Waals surface area contributed by atoms with Crippen LogP contribution in [0.5, 0.6) is 11.5 Å². The summed E-state index contributed by atoms with van der Waals surface area (Å²) in [6.07, 6.45) is 0. The molecule has 5 nitrogen and oxygen atoms in total.